The van der Waals surface area contributed by atoms with E-state index >= 15 is 0 Å². The monoisotopic (exact) mass is 198 g/mol. The summed E-state index contributed by atoms with van der Waals surface area (Å²) < 4.78 is 25.5. The van der Waals surface area contributed by atoms with Crippen LogP contribution in [0.3, 0.4) is 0 Å². The molecule has 1 N–H and O–H groups in total. The van der Waals surface area contributed by atoms with E-state index < -0.39 is 17.6 Å². The molecular formula is C10H8F2O2. The van der Waals surface area contributed by atoms with Gasteiger partial charge in [0.1, 0.15) is 11.6 Å². The highest BCUT2D eigenvalue weighted by molar-refractivity contribution is 6.15. The molecule has 2 nitrogen and oxygen atoms in total. The van der Waals surface area contributed by atoms with E-state index in [1.807, 2.05) is 0 Å². The van der Waals surface area contributed by atoms with Crippen molar-refractivity contribution < 1.29 is 18.7 Å². The van der Waals surface area contributed by atoms with Crippen molar-refractivity contribution in [2.75, 3.05) is 0 Å². The number of carboxylic acids is 1. The van der Waals surface area contributed by atoms with Crippen molar-refractivity contribution in [2.45, 2.75) is 6.92 Å². The number of carbonyl (C=O) groups is 1. The molecule has 0 aliphatic carbocycles. The molecule has 74 valence electrons. The van der Waals surface area contributed by atoms with Crippen molar-refractivity contribution in [1.29, 1.82) is 0 Å². The zero-order chi connectivity index (χ0) is 10.7. The van der Waals surface area contributed by atoms with Gasteiger partial charge in [-0.05, 0) is 24.6 Å². The molecule has 0 heterocycles. The van der Waals surface area contributed by atoms with Crippen LogP contribution >= 0.6 is 0 Å². The van der Waals surface area contributed by atoms with Crippen LogP contribution in [0.25, 0.3) is 5.57 Å². The van der Waals surface area contributed by atoms with Crippen molar-refractivity contribution in [2.24, 2.45) is 0 Å². The Morgan fingerprint density at radius 3 is 2.14 bits per heavy atom. The summed E-state index contributed by atoms with van der Waals surface area (Å²) in [6, 6.07) is 2.65. The van der Waals surface area contributed by atoms with E-state index in [0.717, 1.165) is 12.1 Å². The first-order valence-corrected chi connectivity index (χ1v) is 3.90. The number of aliphatic carboxylic acids is 1. The second-order valence-corrected chi connectivity index (χ2v) is 2.67. The molecule has 4 heteroatoms. The minimum absolute atomic E-state index is 0.0255. The number of hydrogen-bond acceptors (Lipinski definition) is 1. The van der Waals surface area contributed by atoms with Gasteiger partial charge >= 0.3 is 5.97 Å². The van der Waals surface area contributed by atoms with E-state index in [9.17, 15) is 13.6 Å². The lowest BCUT2D eigenvalue weighted by Crippen LogP contribution is -2.00. The summed E-state index contributed by atoms with van der Waals surface area (Å²) in [7, 11) is 0. The van der Waals surface area contributed by atoms with Crippen LogP contribution in [0, 0.1) is 11.6 Å². The van der Waals surface area contributed by atoms with Gasteiger partial charge < -0.3 is 5.11 Å². The van der Waals surface area contributed by atoms with Gasteiger partial charge in [-0.15, -0.1) is 0 Å². The smallest absolute Gasteiger partial charge is 0.335 e. The van der Waals surface area contributed by atoms with Crippen molar-refractivity contribution in [1.82, 2.24) is 0 Å². The van der Waals surface area contributed by atoms with Crippen LogP contribution in [-0.2, 0) is 4.79 Å². The molecule has 1 rings (SSSR count). The molecule has 0 saturated heterocycles. The maximum atomic E-state index is 12.7. The second-order valence-electron chi connectivity index (χ2n) is 2.67. The standard InChI is InChI=1S/C10H8F2O2/c1-2-9(10(13)14)6-3-7(11)5-8(12)4-6/h2-5H,1H3,(H,13,14)/b9-2-. The summed E-state index contributed by atoms with van der Waals surface area (Å²) in [5, 5.41) is 8.70. The molecule has 0 aliphatic heterocycles. The van der Waals surface area contributed by atoms with Gasteiger partial charge in [0, 0.05) is 6.07 Å². The molecule has 1 aromatic rings. The topological polar surface area (TPSA) is 37.3 Å². The third-order valence-electron chi connectivity index (χ3n) is 1.69. The summed E-state index contributed by atoms with van der Waals surface area (Å²) in [5.74, 6) is -2.79. The zero-order valence-electron chi connectivity index (χ0n) is 7.42. The van der Waals surface area contributed by atoms with Crippen LogP contribution in [0.2, 0.25) is 0 Å². The third-order valence-corrected chi connectivity index (χ3v) is 1.69. The fraction of sp³-hybridized carbons (Fsp3) is 0.100. The fourth-order valence-electron chi connectivity index (χ4n) is 1.12. The molecule has 0 saturated carbocycles. The summed E-state index contributed by atoms with van der Waals surface area (Å²) in [6.07, 6.45) is 1.29. The first-order chi connectivity index (χ1) is 6.54. The van der Waals surface area contributed by atoms with Crippen LogP contribution in [0.4, 0.5) is 8.78 Å². The molecule has 1 aromatic carbocycles. The molecule has 0 aliphatic rings. The molecule has 0 amide bonds. The van der Waals surface area contributed by atoms with E-state index in [2.05, 4.69) is 0 Å². The van der Waals surface area contributed by atoms with E-state index in [1.165, 1.54) is 13.0 Å². The minimum atomic E-state index is -1.21. The van der Waals surface area contributed by atoms with Gasteiger partial charge in [0.2, 0.25) is 0 Å². The number of allylic oxidation sites excluding steroid dienone is 1. The summed E-state index contributed by atoms with van der Waals surface area (Å²) in [4.78, 5) is 10.6. The fourth-order valence-corrected chi connectivity index (χ4v) is 1.12. The highest BCUT2D eigenvalue weighted by atomic mass is 19.1. The molecule has 14 heavy (non-hydrogen) atoms. The number of rotatable bonds is 2. The van der Waals surface area contributed by atoms with E-state index in [1.54, 1.807) is 0 Å². The van der Waals surface area contributed by atoms with Crippen LogP contribution < -0.4 is 0 Å². The van der Waals surface area contributed by atoms with Gasteiger partial charge in [0.15, 0.2) is 0 Å². The predicted octanol–water partition coefficient (Wildman–Crippen LogP) is 2.45. The molecule has 0 atom stereocenters. The van der Waals surface area contributed by atoms with Gasteiger partial charge in [0.05, 0.1) is 5.57 Å². The molecule has 0 aromatic heterocycles. The molecular weight excluding hydrogens is 190 g/mol. The number of benzene rings is 1. The lowest BCUT2D eigenvalue weighted by atomic mass is 10.1. The van der Waals surface area contributed by atoms with Gasteiger partial charge in [-0.2, -0.15) is 0 Å². The Morgan fingerprint density at radius 1 is 1.29 bits per heavy atom. The minimum Gasteiger partial charge on any atom is -0.478 e. The maximum Gasteiger partial charge on any atom is 0.335 e. The first-order valence-electron chi connectivity index (χ1n) is 3.90. The van der Waals surface area contributed by atoms with Crippen molar-refractivity contribution in [3.8, 4) is 0 Å². The van der Waals surface area contributed by atoms with Crippen LogP contribution in [0.5, 0.6) is 0 Å². The maximum absolute atomic E-state index is 12.7. The average molecular weight is 198 g/mol. The summed E-state index contributed by atoms with van der Waals surface area (Å²) in [5.41, 5.74) is -0.0964. The lowest BCUT2D eigenvalue weighted by molar-refractivity contribution is -0.130. The Morgan fingerprint density at radius 2 is 1.79 bits per heavy atom. The van der Waals surface area contributed by atoms with Crippen LogP contribution in [0.15, 0.2) is 24.3 Å². The van der Waals surface area contributed by atoms with Gasteiger partial charge in [-0.3, -0.25) is 0 Å². The van der Waals surface area contributed by atoms with Crippen molar-refractivity contribution in [3.05, 3.63) is 41.5 Å². The SMILES string of the molecule is C/C=C(\C(=O)O)c1cc(F)cc(F)c1. The number of carboxylic acid groups (broad SMARTS) is 1. The zero-order valence-corrected chi connectivity index (χ0v) is 7.42. The average Bonchev–Trinajstić information content (AvgIpc) is 2.02. The van der Waals surface area contributed by atoms with Crippen LogP contribution in [0.1, 0.15) is 12.5 Å². The number of hydrogen-bond donors (Lipinski definition) is 1. The third kappa shape index (κ3) is 2.16. The Hall–Kier alpha value is -1.71. The van der Waals surface area contributed by atoms with Crippen molar-refractivity contribution >= 4 is 11.5 Å². The van der Waals surface area contributed by atoms with E-state index in [0.29, 0.717) is 6.07 Å². The Bertz CT molecular complexity index is 377. The second kappa shape index (κ2) is 4.00. The number of halogens is 2. The van der Waals surface area contributed by atoms with Gasteiger partial charge in [-0.1, -0.05) is 6.08 Å². The molecule has 0 bridgehead atoms. The highest BCUT2D eigenvalue weighted by Gasteiger charge is 2.11. The van der Waals surface area contributed by atoms with E-state index in [4.69, 9.17) is 5.11 Å². The molecule has 0 radical (unpaired) electrons. The Kier molecular flexibility index (Phi) is 2.96. The molecule has 0 fully saturated rings. The summed E-state index contributed by atoms with van der Waals surface area (Å²) >= 11 is 0. The molecule has 0 unspecified atom stereocenters. The van der Waals surface area contributed by atoms with Gasteiger partial charge in [-0.25, -0.2) is 13.6 Å². The van der Waals surface area contributed by atoms with Crippen molar-refractivity contribution in [3.63, 3.8) is 0 Å². The van der Waals surface area contributed by atoms with Gasteiger partial charge in [0.25, 0.3) is 0 Å². The largest absolute Gasteiger partial charge is 0.478 e. The lowest BCUT2D eigenvalue weighted by Gasteiger charge is -2.02. The predicted molar refractivity (Wildman–Crippen MR) is 47.6 cm³/mol. The Labute approximate surface area is 79.5 Å². The Balaban J connectivity index is 3.24. The van der Waals surface area contributed by atoms with E-state index in [-0.39, 0.29) is 11.1 Å². The summed E-state index contributed by atoms with van der Waals surface area (Å²) in [6.45, 7) is 1.49. The quantitative estimate of drug-likeness (QED) is 0.741. The van der Waals surface area contributed by atoms with Crippen LogP contribution in [-0.4, -0.2) is 11.1 Å². The first kappa shape index (κ1) is 10.4. The highest BCUT2D eigenvalue weighted by Crippen LogP contribution is 2.17. The normalized spacial score (nSPS) is 11.5. The molecule has 0 spiro atoms.